The summed E-state index contributed by atoms with van der Waals surface area (Å²) < 4.78 is 10.4. The summed E-state index contributed by atoms with van der Waals surface area (Å²) in [5, 5.41) is 14.4. The topological polar surface area (TPSA) is 114 Å². The van der Waals surface area contributed by atoms with E-state index in [1.807, 2.05) is 36.4 Å². The lowest BCUT2D eigenvalue weighted by Gasteiger charge is -2.28. The third kappa shape index (κ3) is 5.34. The number of benzene rings is 2. The lowest BCUT2D eigenvalue weighted by molar-refractivity contribution is -0.145. The van der Waals surface area contributed by atoms with Gasteiger partial charge in [-0.3, -0.25) is 4.79 Å². The van der Waals surface area contributed by atoms with E-state index >= 15 is 0 Å². The Bertz CT molecular complexity index is 978. The van der Waals surface area contributed by atoms with Gasteiger partial charge in [-0.1, -0.05) is 55.5 Å². The second-order valence-electron chi connectivity index (χ2n) is 8.41. The average Bonchev–Trinajstić information content (AvgIpc) is 3.14. The summed E-state index contributed by atoms with van der Waals surface area (Å²) in [6.07, 6.45) is -0.238. The molecule has 8 heteroatoms. The first-order valence-electron chi connectivity index (χ1n) is 10.9. The summed E-state index contributed by atoms with van der Waals surface area (Å²) in [5.74, 6) is -1.73. The molecule has 0 heterocycles. The largest absolute Gasteiger partial charge is 0.480 e. The molecule has 33 heavy (non-hydrogen) atoms. The fraction of sp³-hybridized carbons (Fsp3) is 0.400. The molecule has 1 unspecified atom stereocenters. The third-order valence-corrected chi connectivity index (χ3v) is 6.23. The number of alkyl carbamates (subject to hydrolysis) is 1. The molecule has 0 saturated carbocycles. The van der Waals surface area contributed by atoms with Crippen LogP contribution in [0, 0.1) is 5.41 Å². The Kier molecular flexibility index (Phi) is 7.71. The molecule has 0 saturated heterocycles. The highest BCUT2D eigenvalue weighted by Crippen LogP contribution is 2.44. The molecule has 1 aliphatic rings. The monoisotopic (exact) mass is 454 g/mol. The van der Waals surface area contributed by atoms with Gasteiger partial charge in [-0.2, -0.15) is 0 Å². The molecule has 0 radical (unpaired) electrons. The van der Waals surface area contributed by atoms with Crippen LogP contribution >= 0.6 is 0 Å². The van der Waals surface area contributed by atoms with E-state index in [0.29, 0.717) is 6.42 Å². The number of carbonyl (C=O) groups excluding carboxylic acids is 2. The summed E-state index contributed by atoms with van der Waals surface area (Å²) in [6.45, 7) is 3.48. The molecule has 0 spiro atoms. The predicted molar refractivity (Wildman–Crippen MR) is 123 cm³/mol. The van der Waals surface area contributed by atoms with Gasteiger partial charge in [-0.15, -0.1) is 0 Å². The highest BCUT2D eigenvalue weighted by atomic mass is 16.5. The average molecular weight is 455 g/mol. The summed E-state index contributed by atoms with van der Waals surface area (Å²) in [5.41, 5.74) is 3.50. The molecule has 0 aliphatic heterocycles. The molecule has 3 N–H and O–H groups in total. The molecule has 0 fully saturated rings. The van der Waals surface area contributed by atoms with Crippen molar-refractivity contribution in [1.29, 1.82) is 0 Å². The van der Waals surface area contributed by atoms with Crippen molar-refractivity contribution in [2.75, 3.05) is 26.9 Å². The number of carboxylic acids is 1. The van der Waals surface area contributed by atoms with E-state index in [2.05, 4.69) is 22.8 Å². The predicted octanol–water partition coefficient (Wildman–Crippen LogP) is 3.16. The highest BCUT2D eigenvalue weighted by molar-refractivity contribution is 5.88. The second kappa shape index (κ2) is 10.5. The van der Waals surface area contributed by atoms with Gasteiger partial charge >= 0.3 is 12.1 Å². The van der Waals surface area contributed by atoms with Gasteiger partial charge in [0.2, 0.25) is 5.91 Å². The minimum absolute atomic E-state index is 0.00529. The van der Waals surface area contributed by atoms with Crippen LogP contribution < -0.4 is 10.6 Å². The van der Waals surface area contributed by atoms with Gasteiger partial charge in [0.1, 0.15) is 6.61 Å². The molecule has 1 aliphatic carbocycles. The molecular weight excluding hydrogens is 424 g/mol. The van der Waals surface area contributed by atoms with E-state index in [9.17, 15) is 19.5 Å². The first kappa shape index (κ1) is 24.3. The Morgan fingerprint density at radius 1 is 1.06 bits per heavy atom. The van der Waals surface area contributed by atoms with Crippen molar-refractivity contribution in [1.82, 2.24) is 10.6 Å². The van der Waals surface area contributed by atoms with Crippen molar-refractivity contribution in [3.05, 3.63) is 59.7 Å². The third-order valence-electron chi connectivity index (χ3n) is 6.23. The van der Waals surface area contributed by atoms with Crippen molar-refractivity contribution in [2.45, 2.75) is 32.2 Å². The Balaban J connectivity index is 1.59. The number of methoxy groups -OCH3 is 1. The Morgan fingerprint density at radius 3 is 2.15 bits per heavy atom. The fourth-order valence-electron chi connectivity index (χ4n) is 3.96. The van der Waals surface area contributed by atoms with Crippen LogP contribution in [0.4, 0.5) is 4.79 Å². The smallest absolute Gasteiger partial charge is 0.407 e. The standard InChI is InChI=1S/C25H30N2O6/c1-4-25(2,23(30)27-21(14-32-3)22(28)29)15-26-24(31)33-13-20-18-11-7-5-9-16(18)17-10-6-8-12-19(17)20/h5-12,20-21H,4,13-15H2,1-3H3,(H,26,31)(H,27,30)(H,28,29)/t21-,25?/m0/s1. The molecule has 2 atom stereocenters. The van der Waals surface area contributed by atoms with Crippen LogP contribution in [0.25, 0.3) is 11.1 Å². The van der Waals surface area contributed by atoms with Crippen LogP contribution in [0.3, 0.4) is 0 Å². The summed E-state index contributed by atoms with van der Waals surface area (Å²) in [7, 11) is 1.36. The zero-order valence-electron chi connectivity index (χ0n) is 19.1. The molecule has 0 aromatic heterocycles. The maximum absolute atomic E-state index is 12.7. The number of carboxylic acid groups (broad SMARTS) is 1. The van der Waals surface area contributed by atoms with Crippen LogP contribution in [-0.2, 0) is 19.1 Å². The number of fused-ring (bicyclic) bond motifs is 3. The van der Waals surface area contributed by atoms with Gasteiger partial charge < -0.3 is 25.2 Å². The number of ether oxygens (including phenoxy) is 2. The summed E-state index contributed by atoms with van der Waals surface area (Å²) >= 11 is 0. The zero-order valence-corrected chi connectivity index (χ0v) is 19.1. The Labute approximate surface area is 193 Å². The van der Waals surface area contributed by atoms with Crippen molar-refractivity contribution >= 4 is 18.0 Å². The number of nitrogens with one attached hydrogen (secondary N) is 2. The van der Waals surface area contributed by atoms with E-state index in [1.165, 1.54) is 7.11 Å². The van der Waals surface area contributed by atoms with Gasteiger partial charge in [-0.05, 0) is 35.6 Å². The van der Waals surface area contributed by atoms with Crippen LogP contribution in [0.15, 0.2) is 48.5 Å². The van der Waals surface area contributed by atoms with E-state index < -0.39 is 29.4 Å². The summed E-state index contributed by atoms with van der Waals surface area (Å²) in [6, 6.07) is 15.0. The normalized spacial score (nSPS) is 15.0. The molecule has 3 rings (SSSR count). The second-order valence-corrected chi connectivity index (χ2v) is 8.41. The van der Waals surface area contributed by atoms with E-state index in [0.717, 1.165) is 22.3 Å². The summed E-state index contributed by atoms with van der Waals surface area (Å²) in [4.78, 5) is 36.5. The number of hydrogen-bond acceptors (Lipinski definition) is 5. The SMILES string of the molecule is CCC(C)(CNC(=O)OCC1c2ccccc2-c2ccccc21)C(=O)N[C@@H](COC)C(=O)O. The van der Waals surface area contributed by atoms with E-state index in [-0.39, 0.29) is 25.7 Å². The molecular formula is C25H30N2O6. The van der Waals surface area contributed by atoms with Gasteiger partial charge in [0.05, 0.1) is 12.0 Å². The molecule has 0 bridgehead atoms. The lowest BCUT2D eigenvalue weighted by atomic mass is 9.86. The van der Waals surface area contributed by atoms with Crippen molar-refractivity contribution in [3.8, 4) is 11.1 Å². The van der Waals surface area contributed by atoms with Gasteiger partial charge in [-0.25, -0.2) is 9.59 Å². The van der Waals surface area contributed by atoms with Gasteiger partial charge in [0.15, 0.2) is 6.04 Å². The first-order valence-corrected chi connectivity index (χ1v) is 10.9. The first-order chi connectivity index (χ1) is 15.8. The number of aliphatic carboxylic acids is 1. The number of hydrogen-bond donors (Lipinski definition) is 3. The number of rotatable bonds is 10. The molecule has 2 aromatic carbocycles. The van der Waals surface area contributed by atoms with Gasteiger partial charge in [0.25, 0.3) is 0 Å². The minimum atomic E-state index is -1.19. The van der Waals surface area contributed by atoms with Crippen molar-refractivity contribution < 1.29 is 29.0 Å². The Hall–Kier alpha value is -3.39. The number of amides is 2. The Morgan fingerprint density at radius 2 is 1.64 bits per heavy atom. The van der Waals surface area contributed by atoms with Crippen LogP contribution in [0.5, 0.6) is 0 Å². The molecule has 8 nitrogen and oxygen atoms in total. The maximum Gasteiger partial charge on any atom is 0.407 e. The van der Waals surface area contributed by atoms with Crippen LogP contribution in [0.2, 0.25) is 0 Å². The zero-order chi connectivity index (χ0) is 24.0. The van der Waals surface area contributed by atoms with Crippen LogP contribution in [0.1, 0.15) is 37.3 Å². The van der Waals surface area contributed by atoms with Crippen molar-refractivity contribution in [3.63, 3.8) is 0 Å². The fourth-order valence-corrected chi connectivity index (χ4v) is 3.96. The molecule has 176 valence electrons. The molecule has 2 amide bonds. The lowest BCUT2D eigenvalue weighted by Crippen LogP contribution is -2.52. The van der Waals surface area contributed by atoms with E-state index in [4.69, 9.17) is 9.47 Å². The van der Waals surface area contributed by atoms with Gasteiger partial charge in [0, 0.05) is 19.6 Å². The quantitative estimate of drug-likeness (QED) is 0.508. The minimum Gasteiger partial charge on any atom is -0.480 e. The van der Waals surface area contributed by atoms with Crippen molar-refractivity contribution in [2.24, 2.45) is 5.41 Å². The number of carbonyl (C=O) groups is 3. The highest BCUT2D eigenvalue weighted by Gasteiger charge is 2.35. The van der Waals surface area contributed by atoms with E-state index in [1.54, 1.807) is 13.8 Å². The molecule has 2 aromatic rings. The van der Waals surface area contributed by atoms with Crippen LogP contribution in [-0.4, -0.2) is 56.0 Å². The maximum atomic E-state index is 12.7.